The molecule has 0 saturated heterocycles. The summed E-state index contributed by atoms with van der Waals surface area (Å²) in [5.74, 6) is 0. The van der Waals surface area contributed by atoms with Crippen molar-refractivity contribution in [1.29, 1.82) is 0 Å². The third-order valence-electron chi connectivity index (χ3n) is 1.88. The summed E-state index contributed by atoms with van der Waals surface area (Å²) in [5, 5.41) is 6.27. The Hall–Kier alpha value is -0.680. The minimum absolute atomic E-state index is 0.614. The standard InChI is InChI=1S/C11H22N2/c1-4-12-9-7-5-6-8-10-13-11(2)3/h1,11-13H,5-10H2,2-3H3. The highest BCUT2D eigenvalue weighted by Crippen LogP contribution is 1.97. The second-order valence-corrected chi connectivity index (χ2v) is 3.59. The Morgan fingerprint density at radius 1 is 1.08 bits per heavy atom. The molecule has 0 amide bonds. The summed E-state index contributed by atoms with van der Waals surface area (Å²) < 4.78 is 0. The summed E-state index contributed by atoms with van der Waals surface area (Å²) >= 11 is 0. The van der Waals surface area contributed by atoms with E-state index >= 15 is 0 Å². The monoisotopic (exact) mass is 182 g/mol. The maximum absolute atomic E-state index is 5.05. The molecule has 0 spiro atoms. The molecular formula is C11H22N2. The maximum atomic E-state index is 5.05. The summed E-state index contributed by atoms with van der Waals surface area (Å²) in [6, 6.07) is 3.04. The summed E-state index contributed by atoms with van der Waals surface area (Å²) in [4.78, 5) is 0. The topological polar surface area (TPSA) is 24.1 Å². The van der Waals surface area contributed by atoms with Crippen molar-refractivity contribution >= 4 is 0 Å². The highest BCUT2D eigenvalue weighted by Gasteiger charge is 1.92. The van der Waals surface area contributed by atoms with Gasteiger partial charge >= 0.3 is 0 Å². The van der Waals surface area contributed by atoms with Gasteiger partial charge in [-0.2, -0.15) is 0 Å². The predicted molar refractivity (Wildman–Crippen MR) is 58.4 cm³/mol. The van der Waals surface area contributed by atoms with Gasteiger partial charge < -0.3 is 10.6 Å². The maximum Gasteiger partial charge on any atom is 0.0229 e. The van der Waals surface area contributed by atoms with Crippen LogP contribution in [0.1, 0.15) is 39.5 Å². The van der Waals surface area contributed by atoms with Gasteiger partial charge in [0.05, 0.1) is 0 Å². The predicted octanol–water partition coefficient (Wildman–Crippen LogP) is 1.73. The zero-order chi connectivity index (χ0) is 9.94. The number of nitrogens with one attached hydrogen (secondary N) is 2. The minimum atomic E-state index is 0.614. The van der Waals surface area contributed by atoms with Gasteiger partial charge in [-0.1, -0.05) is 33.1 Å². The van der Waals surface area contributed by atoms with Crippen LogP contribution in [0.25, 0.3) is 0 Å². The summed E-state index contributed by atoms with van der Waals surface area (Å²) in [5.41, 5.74) is 0. The molecule has 0 unspecified atom stereocenters. The molecule has 0 aromatic carbocycles. The van der Waals surface area contributed by atoms with E-state index in [9.17, 15) is 0 Å². The Labute approximate surface area is 82.5 Å². The van der Waals surface area contributed by atoms with Crippen LogP contribution in [0.5, 0.6) is 0 Å². The van der Waals surface area contributed by atoms with Crippen LogP contribution in [0.3, 0.4) is 0 Å². The van der Waals surface area contributed by atoms with Gasteiger partial charge in [-0.05, 0) is 19.4 Å². The largest absolute Gasteiger partial charge is 0.346 e. The second-order valence-electron chi connectivity index (χ2n) is 3.59. The molecule has 0 radical (unpaired) electrons. The van der Waals surface area contributed by atoms with Gasteiger partial charge in [0.15, 0.2) is 0 Å². The molecule has 0 bridgehead atoms. The van der Waals surface area contributed by atoms with Crippen molar-refractivity contribution in [3.05, 3.63) is 0 Å². The van der Waals surface area contributed by atoms with E-state index in [-0.39, 0.29) is 0 Å². The van der Waals surface area contributed by atoms with Crippen LogP contribution >= 0.6 is 0 Å². The zero-order valence-corrected chi connectivity index (χ0v) is 8.90. The highest BCUT2D eigenvalue weighted by atomic mass is 14.9. The Morgan fingerprint density at radius 2 is 1.69 bits per heavy atom. The molecule has 76 valence electrons. The third kappa shape index (κ3) is 11.3. The van der Waals surface area contributed by atoms with Gasteiger partial charge in [0.25, 0.3) is 0 Å². The first-order chi connectivity index (χ1) is 6.27. The first-order valence-electron chi connectivity index (χ1n) is 5.19. The van der Waals surface area contributed by atoms with E-state index in [2.05, 4.69) is 30.5 Å². The second kappa shape index (κ2) is 9.41. The lowest BCUT2D eigenvalue weighted by atomic mass is 10.2. The van der Waals surface area contributed by atoms with Crippen molar-refractivity contribution in [2.45, 2.75) is 45.6 Å². The molecular weight excluding hydrogens is 160 g/mol. The van der Waals surface area contributed by atoms with Gasteiger partial charge in [0.2, 0.25) is 0 Å². The fourth-order valence-corrected chi connectivity index (χ4v) is 1.15. The first kappa shape index (κ1) is 12.3. The van der Waals surface area contributed by atoms with Gasteiger partial charge in [0.1, 0.15) is 0 Å². The molecule has 13 heavy (non-hydrogen) atoms. The van der Waals surface area contributed by atoms with Crippen LogP contribution in [0, 0.1) is 12.5 Å². The number of hydrogen-bond acceptors (Lipinski definition) is 2. The number of terminal acetylenes is 1. The highest BCUT2D eigenvalue weighted by molar-refractivity contribution is 4.79. The quantitative estimate of drug-likeness (QED) is 0.339. The van der Waals surface area contributed by atoms with Crippen LogP contribution < -0.4 is 10.6 Å². The van der Waals surface area contributed by atoms with E-state index in [1.54, 1.807) is 0 Å². The summed E-state index contributed by atoms with van der Waals surface area (Å²) in [7, 11) is 0. The Kier molecular flexibility index (Phi) is 8.92. The van der Waals surface area contributed by atoms with Gasteiger partial charge in [-0.3, -0.25) is 0 Å². The number of unbranched alkanes of at least 4 members (excludes halogenated alkanes) is 3. The molecule has 0 aliphatic rings. The molecule has 0 saturated carbocycles. The summed E-state index contributed by atoms with van der Waals surface area (Å²) in [6.45, 7) is 6.45. The molecule has 0 aliphatic carbocycles. The normalized spacial score (nSPS) is 10.0. The van der Waals surface area contributed by atoms with Crippen LogP contribution in [-0.2, 0) is 0 Å². The molecule has 0 aromatic rings. The molecule has 2 heteroatoms. The lowest BCUT2D eigenvalue weighted by Gasteiger charge is -2.07. The Morgan fingerprint density at radius 3 is 2.23 bits per heavy atom. The van der Waals surface area contributed by atoms with Crippen molar-refractivity contribution in [2.24, 2.45) is 0 Å². The average Bonchev–Trinajstić information content (AvgIpc) is 2.09. The van der Waals surface area contributed by atoms with E-state index in [1.807, 2.05) is 0 Å². The van der Waals surface area contributed by atoms with Crippen molar-refractivity contribution in [2.75, 3.05) is 13.1 Å². The fourth-order valence-electron chi connectivity index (χ4n) is 1.15. The first-order valence-corrected chi connectivity index (χ1v) is 5.19. The van der Waals surface area contributed by atoms with E-state index in [0.29, 0.717) is 6.04 Å². The van der Waals surface area contributed by atoms with Crippen molar-refractivity contribution in [3.63, 3.8) is 0 Å². The number of hydrogen-bond donors (Lipinski definition) is 2. The van der Waals surface area contributed by atoms with Crippen LogP contribution in [-0.4, -0.2) is 19.1 Å². The van der Waals surface area contributed by atoms with E-state index in [4.69, 9.17) is 6.42 Å². The van der Waals surface area contributed by atoms with Crippen molar-refractivity contribution in [3.8, 4) is 12.5 Å². The zero-order valence-electron chi connectivity index (χ0n) is 8.90. The summed E-state index contributed by atoms with van der Waals surface area (Å²) in [6.07, 6.45) is 10.1. The van der Waals surface area contributed by atoms with E-state index < -0.39 is 0 Å². The van der Waals surface area contributed by atoms with Gasteiger partial charge in [-0.15, -0.1) is 0 Å². The molecule has 0 aliphatic heterocycles. The van der Waals surface area contributed by atoms with Gasteiger partial charge in [0, 0.05) is 18.6 Å². The molecule has 2 nitrogen and oxygen atoms in total. The molecule has 0 atom stereocenters. The van der Waals surface area contributed by atoms with Crippen LogP contribution in [0.15, 0.2) is 0 Å². The molecule has 0 heterocycles. The minimum Gasteiger partial charge on any atom is -0.346 e. The van der Waals surface area contributed by atoms with E-state index in [1.165, 1.54) is 25.7 Å². The SMILES string of the molecule is C#CNCCCCCCNC(C)C. The lowest BCUT2D eigenvalue weighted by Crippen LogP contribution is -2.23. The molecule has 0 fully saturated rings. The van der Waals surface area contributed by atoms with Crippen LogP contribution in [0.4, 0.5) is 0 Å². The lowest BCUT2D eigenvalue weighted by molar-refractivity contribution is 0.540. The Bertz CT molecular complexity index is 136. The van der Waals surface area contributed by atoms with Gasteiger partial charge in [-0.25, -0.2) is 0 Å². The smallest absolute Gasteiger partial charge is 0.0229 e. The average molecular weight is 182 g/mol. The molecule has 0 rings (SSSR count). The third-order valence-corrected chi connectivity index (χ3v) is 1.88. The fraction of sp³-hybridized carbons (Fsp3) is 0.818. The molecule has 0 aromatic heterocycles. The van der Waals surface area contributed by atoms with Crippen LogP contribution in [0.2, 0.25) is 0 Å². The van der Waals surface area contributed by atoms with Crippen molar-refractivity contribution in [1.82, 2.24) is 10.6 Å². The van der Waals surface area contributed by atoms with Crippen molar-refractivity contribution < 1.29 is 0 Å². The van der Waals surface area contributed by atoms with E-state index in [0.717, 1.165) is 13.1 Å². The number of rotatable bonds is 8. The molecule has 2 N–H and O–H groups in total. The Balaban J connectivity index is 2.88.